The zero-order chi connectivity index (χ0) is 25.5. The Balaban J connectivity index is 1.82. The molecular formula is C23H21ClN2O8S. The Hall–Kier alpha value is -3.57. The zero-order valence-electron chi connectivity index (χ0n) is 18.8. The van der Waals surface area contributed by atoms with Crippen molar-refractivity contribution in [3.05, 3.63) is 67.6 Å². The van der Waals surface area contributed by atoms with Crippen LogP contribution in [0.2, 0.25) is 5.02 Å². The van der Waals surface area contributed by atoms with E-state index in [0.717, 1.165) is 16.7 Å². The predicted molar refractivity (Wildman–Crippen MR) is 129 cm³/mol. The Morgan fingerprint density at radius 3 is 2.63 bits per heavy atom. The first kappa shape index (κ1) is 26.0. The van der Waals surface area contributed by atoms with Crippen LogP contribution >= 0.6 is 23.4 Å². The third-order valence-electron chi connectivity index (χ3n) is 4.60. The SMILES string of the molecule is CCOC(=O)COc1c(Cl)cc(/C=C2\SC(=O)N(Cc3cccc([N+](=O)[O-])c3)C2=O)cc1OCC. The van der Waals surface area contributed by atoms with Gasteiger partial charge in [-0.05, 0) is 54.9 Å². The summed E-state index contributed by atoms with van der Waals surface area (Å²) in [7, 11) is 0. The third kappa shape index (κ3) is 6.52. The molecule has 0 N–H and O–H groups in total. The molecule has 2 amide bonds. The van der Waals surface area contributed by atoms with Gasteiger partial charge >= 0.3 is 5.97 Å². The highest BCUT2D eigenvalue weighted by Crippen LogP contribution is 2.39. The van der Waals surface area contributed by atoms with Gasteiger partial charge in [-0.25, -0.2) is 4.79 Å². The number of halogens is 1. The molecule has 0 bridgehead atoms. The van der Waals surface area contributed by atoms with Gasteiger partial charge in [-0.3, -0.25) is 24.6 Å². The first-order chi connectivity index (χ1) is 16.7. The number of rotatable bonds is 10. The van der Waals surface area contributed by atoms with Gasteiger partial charge in [0.2, 0.25) is 0 Å². The molecule has 1 heterocycles. The lowest BCUT2D eigenvalue weighted by Crippen LogP contribution is -2.27. The number of thioether (sulfide) groups is 1. The van der Waals surface area contributed by atoms with Crippen LogP contribution in [0.4, 0.5) is 10.5 Å². The minimum Gasteiger partial charge on any atom is -0.490 e. The molecule has 2 aromatic carbocycles. The number of hydrogen-bond donors (Lipinski definition) is 0. The Morgan fingerprint density at radius 2 is 1.94 bits per heavy atom. The quantitative estimate of drug-likeness (QED) is 0.187. The van der Waals surface area contributed by atoms with Crippen LogP contribution < -0.4 is 9.47 Å². The van der Waals surface area contributed by atoms with E-state index in [-0.39, 0.29) is 53.5 Å². The maximum Gasteiger partial charge on any atom is 0.344 e. The highest BCUT2D eigenvalue weighted by molar-refractivity contribution is 8.18. The number of carbonyl (C=O) groups excluding carboxylic acids is 3. The lowest BCUT2D eigenvalue weighted by Gasteiger charge is -2.14. The van der Waals surface area contributed by atoms with Crippen LogP contribution in [0.1, 0.15) is 25.0 Å². The van der Waals surface area contributed by atoms with Gasteiger partial charge in [0.15, 0.2) is 18.1 Å². The summed E-state index contributed by atoms with van der Waals surface area (Å²) in [5, 5.41) is 10.6. The Kier molecular flexibility index (Phi) is 8.72. The molecule has 1 saturated heterocycles. The molecule has 0 aromatic heterocycles. The molecule has 0 aliphatic carbocycles. The number of carbonyl (C=O) groups is 3. The number of nitro benzene ring substituents is 1. The number of imide groups is 1. The molecular weight excluding hydrogens is 500 g/mol. The Labute approximate surface area is 209 Å². The number of amides is 2. The van der Waals surface area contributed by atoms with Crippen molar-refractivity contribution in [1.29, 1.82) is 0 Å². The molecule has 0 radical (unpaired) electrons. The summed E-state index contributed by atoms with van der Waals surface area (Å²) >= 11 is 7.09. The summed E-state index contributed by atoms with van der Waals surface area (Å²) < 4.78 is 15.9. The lowest BCUT2D eigenvalue weighted by atomic mass is 10.1. The molecule has 1 aliphatic rings. The maximum atomic E-state index is 12.9. The summed E-state index contributed by atoms with van der Waals surface area (Å²) in [5.74, 6) is -0.695. The lowest BCUT2D eigenvalue weighted by molar-refractivity contribution is -0.384. The number of nitro groups is 1. The van der Waals surface area contributed by atoms with Gasteiger partial charge in [-0.1, -0.05) is 23.7 Å². The van der Waals surface area contributed by atoms with Gasteiger partial charge in [0.05, 0.1) is 34.6 Å². The second-order valence-corrected chi connectivity index (χ2v) is 8.45. The van der Waals surface area contributed by atoms with E-state index >= 15 is 0 Å². The molecule has 0 atom stereocenters. The summed E-state index contributed by atoms with van der Waals surface area (Å²) in [4.78, 5) is 48.6. The van der Waals surface area contributed by atoms with Gasteiger partial charge < -0.3 is 14.2 Å². The Morgan fingerprint density at radius 1 is 1.17 bits per heavy atom. The van der Waals surface area contributed by atoms with Gasteiger partial charge in [-0.15, -0.1) is 0 Å². The molecule has 0 saturated carbocycles. The number of non-ortho nitro benzene ring substituents is 1. The normalized spacial score (nSPS) is 14.4. The van der Waals surface area contributed by atoms with E-state index in [1.165, 1.54) is 30.3 Å². The molecule has 0 unspecified atom stereocenters. The molecule has 2 aromatic rings. The minimum absolute atomic E-state index is 0.102. The standard InChI is InChI=1S/C23H21ClN2O8S/c1-3-32-18-10-15(9-17(24)21(18)34-13-20(27)33-4-2)11-19-22(28)25(23(29)35-19)12-14-6-5-7-16(8-14)26(30)31/h5-11H,3-4,12-13H2,1-2H3/b19-11-. The first-order valence-electron chi connectivity index (χ1n) is 10.5. The molecule has 3 rings (SSSR count). The summed E-state index contributed by atoms with van der Waals surface area (Å²) in [6.07, 6.45) is 1.49. The molecule has 0 spiro atoms. The third-order valence-corrected chi connectivity index (χ3v) is 5.79. The smallest absolute Gasteiger partial charge is 0.344 e. The van der Waals surface area contributed by atoms with E-state index in [0.29, 0.717) is 11.1 Å². The zero-order valence-corrected chi connectivity index (χ0v) is 20.4. The van der Waals surface area contributed by atoms with Crippen LogP contribution in [0, 0.1) is 10.1 Å². The fourth-order valence-corrected chi connectivity index (χ4v) is 4.26. The fourth-order valence-electron chi connectivity index (χ4n) is 3.15. The summed E-state index contributed by atoms with van der Waals surface area (Å²) in [5.41, 5.74) is 0.795. The van der Waals surface area contributed by atoms with Crippen LogP contribution in [0.5, 0.6) is 11.5 Å². The van der Waals surface area contributed by atoms with Crippen LogP contribution in [0.25, 0.3) is 6.08 Å². The van der Waals surface area contributed by atoms with Gasteiger partial charge in [-0.2, -0.15) is 0 Å². The van der Waals surface area contributed by atoms with E-state index in [2.05, 4.69) is 0 Å². The number of ether oxygens (including phenoxy) is 3. The average Bonchev–Trinajstić information content (AvgIpc) is 3.06. The van der Waals surface area contributed by atoms with Crippen molar-refractivity contribution >= 4 is 52.2 Å². The Bertz CT molecular complexity index is 1200. The van der Waals surface area contributed by atoms with E-state index in [1.54, 1.807) is 26.0 Å². The van der Waals surface area contributed by atoms with Crippen molar-refractivity contribution < 1.29 is 33.5 Å². The highest BCUT2D eigenvalue weighted by atomic mass is 35.5. The summed E-state index contributed by atoms with van der Waals surface area (Å²) in [6, 6.07) is 8.82. The number of esters is 1. The van der Waals surface area contributed by atoms with Crippen molar-refractivity contribution in [2.45, 2.75) is 20.4 Å². The van der Waals surface area contributed by atoms with Crippen molar-refractivity contribution in [3.63, 3.8) is 0 Å². The van der Waals surface area contributed by atoms with Crippen molar-refractivity contribution in [2.75, 3.05) is 19.8 Å². The van der Waals surface area contributed by atoms with Crippen LogP contribution in [0.15, 0.2) is 41.3 Å². The summed E-state index contributed by atoms with van der Waals surface area (Å²) in [6.45, 7) is 3.48. The number of nitrogens with zero attached hydrogens (tertiary/aromatic N) is 2. The second kappa shape index (κ2) is 11.7. The maximum absolute atomic E-state index is 12.9. The van der Waals surface area contributed by atoms with Crippen LogP contribution in [-0.4, -0.2) is 46.8 Å². The minimum atomic E-state index is -0.562. The number of hydrogen-bond acceptors (Lipinski definition) is 9. The number of benzene rings is 2. The van der Waals surface area contributed by atoms with E-state index in [4.69, 9.17) is 25.8 Å². The van der Waals surface area contributed by atoms with Crippen molar-refractivity contribution in [2.24, 2.45) is 0 Å². The van der Waals surface area contributed by atoms with Gasteiger partial charge in [0.25, 0.3) is 16.8 Å². The van der Waals surface area contributed by atoms with E-state index in [9.17, 15) is 24.5 Å². The van der Waals surface area contributed by atoms with Crippen molar-refractivity contribution in [1.82, 2.24) is 4.90 Å². The first-order valence-corrected chi connectivity index (χ1v) is 11.7. The largest absolute Gasteiger partial charge is 0.490 e. The average molecular weight is 521 g/mol. The van der Waals surface area contributed by atoms with Crippen molar-refractivity contribution in [3.8, 4) is 11.5 Å². The molecule has 10 nitrogen and oxygen atoms in total. The topological polar surface area (TPSA) is 125 Å². The van der Waals surface area contributed by atoms with Crippen LogP contribution in [0.3, 0.4) is 0 Å². The predicted octanol–water partition coefficient (Wildman–Crippen LogP) is 4.83. The van der Waals surface area contributed by atoms with E-state index < -0.39 is 22.0 Å². The van der Waals surface area contributed by atoms with Gasteiger partial charge in [0.1, 0.15) is 0 Å². The highest BCUT2D eigenvalue weighted by Gasteiger charge is 2.35. The van der Waals surface area contributed by atoms with Crippen LogP contribution in [-0.2, 0) is 20.9 Å². The molecule has 1 aliphatic heterocycles. The monoisotopic (exact) mass is 520 g/mol. The molecule has 12 heteroatoms. The second-order valence-electron chi connectivity index (χ2n) is 7.05. The van der Waals surface area contributed by atoms with E-state index in [1.807, 2.05) is 0 Å². The fraction of sp³-hybridized carbons (Fsp3) is 0.261. The molecule has 184 valence electrons. The molecule has 1 fully saturated rings. The van der Waals surface area contributed by atoms with Gasteiger partial charge in [0, 0.05) is 12.1 Å². The molecule has 35 heavy (non-hydrogen) atoms.